The predicted octanol–water partition coefficient (Wildman–Crippen LogP) is 2.40. The maximum atomic E-state index is 13.5. The minimum Gasteiger partial charge on any atom is -0.502 e. The number of ether oxygens (including phenoxy) is 4. The molecule has 0 atom stereocenters. The fourth-order valence-electron chi connectivity index (χ4n) is 3.34. The van der Waals surface area contributed by atoms with Crippen LogP contribution in [0.2, 0.25) is 0 Å². The van der Waals surface area contributed by atoms with Crippen molar-refractivity contribution in [1.82, 2.24) is 0 Å². The Kier molecular flexibility index (Phi) is 6.40. The number of nitrogens with one attached hydrogen (secondary N) is 1. The van der Waals surface area contributed by atoms with Gasteiger partial charge < -0.3 is 38.9 Å². The number of fused-ring (bicyclic) bond motifs is 1. The number of aliphatic hydroxyl groups is 2. The number of allylic oxidation sites excluding steroid dienone is 1. The van der Waals surface area contributed by atoms with Crippen molar-refractivity contribution in [3.8, 4) is 17.2 Å². The van der Waals surface area contributed by atoms with Crippen molar-refractivity contribution in [2.75, 3.05) is 46.9 Å². The number of aliphatic hydroxyl groups excluding tert-OH is 2. The molecular weight excluding hydrogens is 410 g/mol. The van der Waals surface area contributed by atoms with Gasteiger partial charge in [-0.3, -0.25) is 9.59 Å². The van der Waals surface area contributed by atoms with Crippen LogP contribution in [-0.4, -0.2) is 63.4 Å². The molecule has 1 aliphatic rings. The normalized spacial score (nSPS) is 13.0. The molecule has 166 valence electrons. The highest BCUT2D eigenvalue weighted by molar-refractivity contribution is 6.21. The van der Waals surface area contributed by atoms with E-state index >= 15 is 0 Å². The zero-order chi connectivity index (χ0) is 22.7. The zero-order valence-electron chi connectivity index (χ0n) is 17.5. The van der Waals surface area contributed by atoms with Gasteiger partial charge in [0.05, 0.1) is 52.6 Å². The van der Waals surface area contributed by atoms with Crippen LogP contribution in [0.3, 0.4) is 0 Å². The standard InChI is InChI=1S/C21H23NO9/c1-27-12-9-11(24)15-16(21(22-5-6-23)31-20(15)18(12)26)17(25)10-7-13(28-2)19(30-4)14(8-10)29-3/h7-8,22-23,26H,5-6,9H2,1-4H3. The third-order valence-corrected chi connectivity index (χ3v) is 4.79. The number of anilines is 1. The number of methoxy groups -OCH3 is 4. The summed E-state index contributed by atoms with van der Waals surface area (Å²) in [6.07, 6.45) is -0.232. The van der Waals surface area contributed by atoms with E-state index in [-0.39, 0.29) is 70.9 Å². The van der Waals surface area contributed by atoms with Crippen molar-refractivity contribution in [2.24, 2.45) is 0 Å². The maximum Gasteiger partial charge on any atom is 0.205 e. The molecule has 0 saturated carbocycles. The molecule has 0 amide bonds. The molecule has 1 aliphatic carbocycles. The lowest BCUT2D eigenvalue weighted by molar-refractivity contribution is 0.0951. The average molecular weight is 433 g/mol. The molecule has 2 aromatic rings. The first-order chi connectivity index (χ1) is 14.9. The first kappa shape index (κ1) is 22.0. The molecule has 0 fully saturated rings. The van der Waals surface area contributed by atoms with Gasteiger partial charge in [0.2, 0.25) is 11.6 Å². The van der Waals surface area contributed by atoms with Crippen LogP contribution in [0, 0.1) is 0 Å². The molecule has 31 heavy (non-hydrogen) atoms. The van der Waals surface area contributed by atoms with Gasteiger partial charge in [-0.15, -0.1) is 0 Å². The molecule has 1 aromatic heterocycles. The van der Waals surface area contributed by atoms with E-state index in [1.165, 1.54) is 40.6 Å². The van der Waals surface area contributed by atoms with Crippen LogP contribution in [0.15, 0.2) is 22.3 Å². The second kappa shape index (κ2) is 9.00. The largest absolute Gasteiger partial charge is 0.502 e. The zero-order valence-corrected chi connectivity index (χ0v) is 17.5. The van der Waals surface area contributed by atoms with Gasteiger partial charge in [0.25, 0.3) is 0 Å². The third kappa shape index (κ3) is 3.77. The minimum absolute atomic E-state index is 0.0340. The predicted molar refractivity (Wildman–Crippen MR) is 109 cm³/mol. The van der Waals surface area contributed by atoms with Crippen molar-refractivity contribution in [2.45, 2.75) is 6.42 Å². The van der Waals surface area contributed by atoms with Crippen molar-refractivity contribution in [3.63, 3.8) is 0 Å². The number of ketones is 2. The van der Waals surface area contributed by atoms with Crippen LogP contribution in [0.25, 0.3) is 5.76 Å². The lowest BCUT2D eigenvalue weighted by Crippen LogP contribution is -2.17. The Morgan fingerprint density at radius 1 is 1.10 bits per heavy atom. The monoisotopic (exact) mass is 433 g/mol. The van der Waals surface area contributed by atoms with Crippen molar-refractivity contribution in [3.05, 3.63) is 40.3 Å². The summed E-state index contributed by atoms with van der Waals surface area (Å²) in [6.45, 7) is -0.194. The summed E-state index contributed by atoms with van der Waals surface area (Å²) in [4.78, 5) is 26.3. The lowest BCUT2D eigenvalue weighted by Gasteiger charge is -2.15. The molecule has 10 nitrogen and oxygen atoms in total. The Labute approximate surface area is 178 Å². The van der Waals surface area contributed by atoms with Crippen LogP contribution in [0.5, 0.6) is 17.2 Å². The smallest absolute Gasteiger partial charge is 0.205 e. The summed E-state index contributed by atoms with van der Waals surface area (Å²) >= 11 is 0. The van der Waals surface area contributed by atoms with Gasteiger partial charge in [0.15, 0.2) is 34.6 Å². The molecule has 0 saturated heterocycles. The first-order valence-electron chi connectivity index (χ1n) is 9.27. The number of furan rings is 1. The van der Waals surface area contributed by atoms with Crippen LogP contribution < -0.4 is 19.5 Å². The number of carbonyl (C=O) groups is 2. The van der Waals surface area contributed by atoms with E-state index < -0.39 is 11.6 Å². The number of carbonyl (C=O) groups excluding carboxylic acids is 2. The average Bonchev–Trinajstić information content (AvgIpc) is 3.18. The quantitative estimate of drug-likeness (QED) is 0.506. The van der Waals surface area contributed by atoms with Gasteiger partial charge in [-0.25, -0.2) is 0 Å². The molecule has 3 rings (SSSR count). The second-order valence-electron chi connectivity index (χ2n) is 6.48. The van der Waals surface area contributed by atoms with Gasteiger partial charge in [-0.2, -0.15) is 0 Å². The Hall–Kier alpha value is -3.66. The van der Waals surface area contributed by atoms with E-state index in [9.17, 15) is 19.8 Å². The highest BCUT2D eigenvalue weighted by Gasteiger charge is 2.37. The number of hydrogen-bond acceptors (Lipinski definition) is 10. The fourth-order valence-corrected chi connectivity index (χ4v) is 3.34. The van der Waals surface area contributed by atoms with Gasteiger partial charge in [-0.1, -0.05) is 0 Å². The third-order valence-electron chi connectivity index (χ3n) is 4.79. The van der Waals surface area contributed by atoms with E-state index in [2.05, 4.69) is 5.32 Å². The molecule has 3 N–H and O–H groups in total. The van der Waals surface area contributed by atoms with Crippen LogP contribution in [0.4, 0.5) is 5.88 Å². The summed E-state index contributed by atoms with van der Waals surface area (Å²) in [5.74, 6) is -0.797. The molecule has 0 bridgehead atoms. The molecule has 1 heterocycles. The molecule has 1 aromatic carbocycles. The Balaban J connectivity index is 2.22. The Bertz CT molecular complexity index is 1030. The van der Waals surface area contributed by atoms with E-state index in [0.29, 0.717) is 5.75 Å². The molecule has 10 heteroatoms. The Morgan fingerprint density at radius 3 is 2.26 bits per heavy atom. The molecular formula is C21H23NO9. The fraction of sp³-hybridized carbons (Fsp3) is 0.333. The topological polar surface area (TPSA) is 137 Å². The van der Waals surface area contributed by atoms with Crippen LogP contribution in [0.1, 0.15) is 38.5 Å². The Morgan fingerprint density at radius 2 is 1.74 bits per heavy atom. The summed E-state index contributed by atoms with van der Waals surface area (Å²) in [5.41, 5.74) is -0.0131. The molecule has 0 unspecified atom stereocenters. The molecule has 0 spiro atoms. The van der Waals surface area contributed by atoms with E-state index in [1.807, 2.05) is 0 Å². The van der Waals surface area contributed by atoms with Gasteiger partial charge >= 0.3 is 0 Å². The minimum atomic E-state index is -0.577. The van der Waals surface area contributed by atoms with Gasteiger partial charge in [0.1, 0.15) is 5.76 Å². The van der Waals surface area contributed by atoms with E-state index in [1.54, 1.807) is 0 Å². The summed E-state index contributed by atoms with van der Waals surface area (Å²) in [5, 5.41) is 22.4. The summed E-state index contributed by atoms with van der Waals surface area (Å²) in [7, 11) is 5.59. The first-order valence-corrected chi connectivity index (χ1v) is 9.27. The lowest BCUT2D eigenvalue weighted by atomic mass is 9.92. The number of rotatable bonds is 9. The van der Waals surface area contributed by atoms with Crippen LogP contribution >= 0.6 is 0 Å². The van der Waals surface area contributed by atoms with E-state index in [0.717, 1.165) is 0 Å². The van der Waals surface area contributed by atoms with E-state index in [4.69, 9.17) is 23.4 Å². The molecule has 0 radical (unpaired) electrons. The summed E-state index contributed by atoms with van der Waals surface area (Å²) < 4.78 is 26.5. The second-order valence-corrected chi connectivity index (χ2v) is 6.48. The molecule has 0 aliphatic heterocycles. The number of benzene rings is 1. The van der Waals surface area contributed by atoms with Gasteiger partial charge in [-0.05, 0) is 12.1 Å². The van der Waals surface area contributed by atoms with Crippen molar-refractivity contribution in [1.29, 1.82) is 0 Å². The highest BCUT2D eigenvalue weighted by atomic mass is 16.5. The van der Waals surface area contributed by atoms with Gasteiger partial charge in [0, 0.05) is 12.1 Å². The SMILES string of the molecule is COC1=C(O)c2oc(NCCO)c(C(=O)c3cc(OC)c(OC)c(OC)c3)c2C(=O)C1. The number of hydrogen-bond donors (Lipinski definition) is 3. The maximum absolute atomic E-state index is 13.5. The summed E-state index contributed by atoms with van der Waals surface area (Å²) in [6, 6.07) is 2.89. The van der Waals surface area contributed by atoms with Crippen LogP contribution in [-0.2, 0) is 4.74 Å². The van der Waals surface area contributed by atoms with Crippen molar-refractivity contribution < 1.29 is 43.2 Å². The number of Topliss-reactive ketones (excluding diaryl/α,β-unsaturated/α-hetero) is 1. The van der Waals surface area contributed by atoms with Crippen molar-refractivity contribution >= 4 is 23.2 Å². The highest BCUT2D eigenvalue weighted by Crippen LogP contribution is 2.42.